The number of rotatable bonds is 4. The Hall–Kier alpha value is -1.62. The van der Waals surface area contributed by atoms with Gasteiger partial charge in [0.05, 0.1) is 12.6 Å². The van der Waals surface area contributed by atoms with Crippen LogP contribution in [0, 0.1) is 5.82 Å². The lowest BCUT2D eigenvalue weighted by atomic mass is 9.97. The highest BCUT2D eigenvalue weighted by atomic mass is 19.1. The predicted molar refractivity (Wildman–Crippen MR) is 79.7 cm³/mol. The van der Waals surface area contributed by atoms with Crippen molar-refractivity contribution >= 4 is 6.09 Å². The first-order chi connectivity index (χ1) is 9.62. The summed E-state index contributed by atoms with van der Waals surface area (Å²) in [5, 5.41) is 12.0. The van der Waals surface area contributed by atoms with Crippen LogP contribution >= 0.6 is 0 Å². The van der Waals surface area contributed by atoms with Crippen molar-refractivity contribution in [3.8, 4) is 0 Å². The molecule has 21 heavy (non-hydrogen) atoms. The molecule has 0 aliphatic heterocycles. The van der Waals surface area contributed by atoms with Gasteiger partial charge in [-0.2, -0.15) is 0 Å². The molecule has 118 valence electrons. The molecule has 0 fully saturated rings. The summed E-state index contributed by atoms with van der Waals surface area (Å²) in [5.41, 5.74) is 0.705. The summed E-state index contributed by atoms with van der Waals surface area (Å²) in [6, 6.07) is 3.85. The number of amides is 1. The second-order valence-electron chi connectivity index (χ2n) is 6.35. The third-order valence-electron chi connectivity index (χ3n) is 2.89. The average Bonchev–Trinajstić information content (AvgIpc) is 2.32. The summed E-state index contributed by atoms with van der Waals surface area (Å²) in [7, 11) is 0. The zero-order valence-corrected chi connectivity index (χ0v) is 13.2. The van der Waals surface area contributed by atoms with Gasteiger partial charge in [0.2, 0.25) is 0 Å². The molecule has 2 N–H and O–H groups in total. The lowest BCUT2D eigenvalue weighted by Crippen LogP contribution is -2.36. The van der Waals surface area contributed by atoms with E-state index in [9.17, 15) is 14.3 Å². The number of benzene rings is 1. The number of carbonyl (C=O) groups excluding carboxylic acids is 1. The maximum absolute atomic E-state index is 13.7. The number of hydrogen-bond acceptors (Lipinski definition) is 3. The maximum Gasteiger partial charge on any atom is 0.408 e. The topological polar surface area (TPSA) is 58.6 Å². The fourth-order valence-corrected chi connectivity index (χ4v) is 1.85. The Kier molecular flexibility index (Phi) is 5.72. The number of hydrogen-bond donors (Lipinski definition) is 2. The van der Waals surface area contributed by atoms with Crippen molar-refractivity contribution in [1.29, 1.82) is 0 Å². The number of alkyl carbamates (subject to hydrolysis) is 1. The van der Waals surface area contributed by atoms with Gasteiger partial charge in [0.15, 0.2) is 0 Å². The van der Waals surface area contributed by atoms with Crippen LogP contribution in [0.25, 0.3) is 0 Å². The zero-order chi connectivity index (χ0) is 16.2. The van der Waals surface area contributed by atoms with E-state index in [2.05, 4.69) is 5.32 Å². The molecule has 0 spiro atoms. The minimum atomic E-state index is -0.701. The van der Waals surface area contributed by atoms with Crippen LogP contribution in [0.5, 0.6) is 0 Å². The number of ether oxygens (including phenoxy) is 1. The van der Waals surface area contributed by atoms with E-state index in [0.717, 1.165) is 5.56 Å². The highest BCUT2D eigenvalue weighted by molar-refractivity contribution is 5.68. The molecule has 0 bridgehead atoms. The molecule has 4 nitrogen and oxygen atoms in total. The Bertz CT molecular complexity index is 495. The minimum Gasteiger partial charge on any atom is -0.444 e. The van der Waals surface area contributed by atoms with Gasteiger partial charge in [-0.05, 0) is 49.9 Å². The molecule has 0 saturated heterocycles. The van der Waals surface area contributed by atoms with Crippen molar-refractivity contribution in [3.05, 3.63) is 35.1 Å². The predicted octanol–water partition coefficient (Wildman–Crippen LogP) is 3.51. The first kappa shape index (κ1) is 17.4. The van der Waals surface area contributed by atoms with Crippen LogP contribution < -0.4 is 5.32 Å². The molecule has 1 atom stereocenters. The van der Waals surface area contributed by atoms with Gasteiger partial charge in [-0.1, -0.05) is 19.9 Å². The molecule has 0 heterocycles. The molecule has 5 heteroatoms. The number of carbonyl (C=O) groups is 1. The SMILES string of the molecule is CC(C)c1cc(F)cc([C@@H](CO)NC(=O)OC(C)(C)C)c1. The largest absolute Gasteiger partial charge is 0.444 e. The number of aliphatic hydroxyl groups is 1. The lowest BCUT2D eigenvalue weighted by molar-refractivity contribution is 0.0481. The van der Waals surface area contributed by atoms with Crippen LogP contribution in [0.1, 0.15) is 57.7 Å². The van der Waals surface area contributed by atoms with Crippen LogP contribution in [-0.4, -0.2) is 23.4 Å². The van der Waals surface area contributed by atoms with E-state index >= 15 is 0 Å². The Balaban J connectivity index is 2.92. The standard InChI is InChI=1S/C16H24FNO3/c1-10(2)11-6-12(8-13(17)7-11)14(9-19)18-15(20)21-16(3,4)5/h6-8,10,14,19H,9H2,1-5H3,(H,18,20)/t14-/m1/s1. The molecule has 0 aromatic heterocycles. The van der Waals surface area contributed by atoms with Crippen LogP contribution in [0.15, 0.2) is 18.2 Å². The summed E-state index contributed by atoms with van der Waals surface area (Å²) in [6.07, 6.45) is -0.642. The molecular formula is C16H24FNO3. The first-order valence-electron chi connectivity index (χ1n) is 7.03. The van der Waals surface area contributed by atoms with E-state index in [0.29, 0.717) is 5.56 Å². The van der Waals surface area contributed by atoms with Crippen LogP contribution in [-0.2, 0) is 4.74 Å². The highest BCUT2D eigenvalue weighted by Gasteiger charge is 2.21. The van der Waals surface area contributed by atoms with Crippen molar-refractivity contribution in [2.24, 2.45) is 0 Å². The van der Waals surface area contributed by atoms with Crippen molar-refractivity contribution in [3.63, 3.8) is 0 Å². The molecule has 1 rings (SSSR count). The van der Waals surface area contributed by atoms with E-state index in [4.69, 9.17) is 4.74 Å². The van der Waals surface area contributed by atoms with Crippen molar-refractivity contribution in [2.45, 2.75) is 52.2 Å². The second-order valence-corrected chi connectivity index (χ2v) is 6.35. The number of halogens is 1. The molecule has 0 aliphatic carbocycles. The molecule has 0 aliphatic rings. The van der Waals surface area contributed by atoms with Gasteiger partial charge in [0.25, 0.3) is 0 Å². The summed E-state index contributed by atoms with van der Waals surface area (Å²) < 4.78 is 18.8. The van der Waals surface area contributed by atoms with Gasteiger partial charge in [-0.3, -0.25) is 0 Å². The Morgan fingerprint density at radius 3 is 2.33 bits per heavy atom. The van der Waals surface area contributed by atoms with Gasteiger partial charge in [-0.15, -0.1) is 0 Å². The monoisotopic (exact) mass is 297 g/mol. The normalized spacial score (nSPS) is 13.1. The van der Waals surface area contributed by atoms with Gasteiger partial charge < -0.3 is 15.2 Å². The van der Waals surface area contributed by atoms with Gasteiger partial charge in [0, 0.05) is 0 Å². The summed E-state index contributed by atoms with van der Waals surface area (Å²) in [6.45, 7) is 8.82. The molecular weight excluding hydrogens is 273 g/mol. The third-order valence-corrected chi connectivity index (χ3v) is 2.89. The van der Waals surface area contributed by atoms with E-state index in [1.54, 1.807) is 26.8 Å². The molecule has 1 amide bonds. The smallest absolute Gasteiger partial charge is 0.408 e. The highest BCUT2D eigenvalue weighted by Crippen LogP contribution is 2.22. The van der Waals surface area contributed by atoms with E-state index < -0.39 is 17.7 Å². The molecule has 1 aromatic carbocycles. The Morgan fingerprint density at radius 1 is 1.29 bits per heavy atom. The first-order valence-corrected chi connectivity index (χ1v) is 7.03. The van der Waals surface area contributed by atoms with Crippen LogP contribution in [0.4, 0.5) is 9.18 Å². The van der Waals surface area contributed by atoms with Crippen molar-refractivity contribution < 1.29 is 19.0 Å². The molecule has 0 radical (unpaired) electrons. The molecule has 0 saturated carbocycles. The Labute approximate surface area is 125 Å². The zero-order valence-electron chi connectivity index (χ0n) is 13.2. The van der Waals surface area contributed by atoms with Gasteiger partial charge in [0.1, 0.15) is 11.4 Å². The maximum atomic E-state index is 13.7. The molecule has 0 unspecified atom stereocenters. The average molecular weight is 297 g/mol. The van der Waals surface area contributed by atoms with E-state index in [1.165, 1.54) is 12.1 Å². The lowest BCUT2D eigenvalue weighted by Gasteiger charge is -2.23. The van der Waals surface area contributed by atoms with Crippen molar-refractivity contribution in [2.75, 3.05) is 6.61 Å². The fraction of sp³-hybridized carbons (Fsp3) is 0.562. The number of aliphatic hydroxyl groups excluding tert-OH is 1. The Morgan fingerprint density at radius 2 is 1.86 bits per heavy atom. The van der Waals surface area contributed by atoms with Gasteiger partial charge >= 0.3 is 6.09 Å². The summed E-state index contributed by atoms with van der Waals surface area (Å²) >= 11 is 0. The summed E-state index contributed by atoms with van der Waals surface area (Å²) in [4.78, 5) is 11.8. The quantitative estimate of drug-likeness (QED) is 0.894. The van der Waals surface area contributed by atoms with Crippen LogP contribution in [0.3, 0.4) is 0 Å². The molecule has 1 aromatic rings. The summed E-state index contributed by atoms with van der Waals surface area (Å²) in [5.74, 6) is -0.235. The fourth-order valence-electron chi connectivity index (χ4n) is 1.85. The minimum absolute atomic E-state index is 0.153. The van der Waals surface area contributed by atoms with E-state index in [1.807, 2.05) is 13.8 Å². The van der Waals surface area contributed by atoms with Crippen molar-refractivity contribution in [1.82, 2.24) is 5.32 Å². The van der Waals surface area contributed by atoms with E-state index in [-0.39, 0.29) is 18.3 Å². The number of nitrogens with one attached hydrogen (secondary N) is 1. The van der Waals surface area contributed by atoms with Crippen LogP contribution in [0.2, 0.25) is 0 Å². The second kappa shape index (κ2) is 6.89. The third kappa shape index (κ3) is 5.71. The van der Waals surface area contributed by atoms with Gasteiger partial charge in [-0.25, -0.2) is 9.18 Å².